The smallest absolute Gasteiger partial charge is 0.265 e. The van der Waals surface area contributed by atoms with Gasteiger partial charge in [-0.25, -0.2) is 14.2 Å². The third-order valence-electron chi connectivity index (χ3n) is 2.49. The van der Waals surface area contributed by atoms with E-state index < -0.39 is 11.4 Å². The van der Waals surface area contributed by atoms with Gasteiger partial charge < -0.3 is 0 Å². The molecule has 0 aliphatic carbocycles. The van der Waals surface area contributed by atoms with Gasteiger partial charge in [0.15, 0.2) is 5.52 Å². The average molecular weight is 281 g/mol. The van der Waals surface area contributed by atoms with Gasteiger partial charge in [-0.3, -0.25) is 4.79 Å². The summed E-state index contributed by atoms with van der Waals surface area (Å²) in [6.07, 6.45) is 4.29. The van der Waals surface area contributed by atoms with E-state index in [4.69, 9.17) is 11.6 Å². The summed E-state index contributed by atoms with van der Waals surface area (Å²) in [4.78, 5) is 11.5. The normalized spacial score (nSPS) is 11.8. The molecule has 2 aromatic rings. The maximum absolute atomic E-state index is 13.2. The molecule has 0 aromatic carbocycles. The number of allylic oxidation sites excluding steroid dienone is 4. The molecule has 2 heterocycles. The zero-order valence-electron chi connectivity index (χ0n) is 9.86. The standard InChI is InChI=1S/C12H10ClFN4O/c1-3-4-8(7(2)14)6-18-11(13)9-5-15-16-12(19)10(9)17-18/h3-5H,1-2,6H2,(H,16,19)/b8-4-. The van der Waals surface area contributed by atoms with Crippen LogP contribution in [0.5, 0.6) is 0 Å². The van der Waals surface area contributed by atoms with Crippen molar-refractivity contribution in [2.24, 2.45) is 0 Å². The number of halogens is 2. The van der Waals surface area contributed by atoms with E-state index in [0.29, 0.717) is 5.39 Å². The number of hydrogen-bond acceptors (Lipinski definition) is 3. The van der Waals surface area contributed by atoms with E-state index in [0.717, 1.165) is 0 Å². The Morgan fingerprint density at radius 1 is 1.63 bits per heavy atom. The number of rotatable bonds is 4. The van der Waals surface area contributed by atoms with Crippen LogP contribution in [0.1, 0.15) is 0 Å². The van der Waals surface area contributed by atoms with Gasteiger partial charge in [0.25, 0.3) is 5.56 Å². The van der Waals surface area contributed by atoms with Crippen LogP contribution in [0.15, 0.2) is 47.7 Å². The SMILES string of the molecule is C=C/C=C(/Cn1nc2c(=O)[nH]ncc2c1Cl)C(=C)F. The monoisotopic (exact) mass is 280 g/mol. The Hall–Kier alpha value is -2.21. The molecule has 0 aliphatic rings. The molecule has 0 atom stereocenters. The first-order valence-corrected chi connectivity index (χ1v) is 5.68. The van der Waals surface area contributed by atoms with Gasteiger partial charge >= 0.3 is 0 Å². The quantitative estimate of drug-likeness (QED) is 0.875. The minimum atomic E-state index is -0.609. The van der Waals surface area contributed by atoms with Crippen LogP contribution < -0.4 is 5.56 Å². The lowest BCUT2D eigenvalue weighted by atomic mass is 10.2. The highest BCUT2D eigenvalue weighted by Gasteiger charge is 2.14. The van der Waals surface area contributed by atoms with E-state index >= 15 is 0 Å². The van der Waals surface area contributed by atoms with Crippen LogP contribution in [0.4, 0.5) is 4.39 Å². The van der Waals surface area contributed by atoms with E-state index in [9.17, 15) is 9.18 Å². The highest BCUT2D eigenvalue weighted by atomic mass is 35.5. The van der Waals surface area contributed by atoms with Crippen LogP contribution in [-0.2, 0) is 6.54 Å². The summed E-state index contributed by atoms with van der Waals surface area (Å²) in [5.41, 5.74) is -0.0250. The van der Waals surface area contributed by atoms with Crippen LogP contribution in [0.3, 0.4) is 0 Å². The Morgan fingerprint density at radius 2 is 2.37 bits per heavy atom. The second-order valence-corrected chi connectivity index (χ2v) is 4.10. The highest BCUT2D eigenvalue weighted by molar-refractivity contribution is 6.34. The van der Waals surface area contributed by atoms with Gasteiger partial charge in [0.1, 0.15) is 11.0 Å². The first kappa shape index (κ1) is 13.2. The van der Waals surface area contributed by atoms with Gasteiger partial charge in [-0.05, 0) is 0 Å². The van der Waals surface area contributed by atoms with Crippen molar-refractivity contribution in [1.29, 1.82) is 0 Å². The van der Waals surface area contributed by atoms with Gasteiger partial charge in [-0.15, -0.1) is 0 Å². The first-order chi connectivity index (χ1) is 9.04. The summed E-state index contributed by atoms with van der Waals surface area (Å²) in [5, 5.41) is 10.6. The van der Waals surface area contributed by atoms with Crippen molar-refractivity contribution < 1.29 is 4.39 Å². The zero-order valence-corrected chi connectivity index (χ0v) is 10.6. The fourth-order valence-electron chi connectivity index (χ4n) is 1.58. The summed E-state index contributed by atoms with van der Waals surface area (Å²) in [6, 6.07) is 0. The second kappa shape index (κ2) is 5.19. The molecule has 0 amide bonds. The second-order valence-electron chi connectivity index (χ2n) is 3.74. The molecule has 7 heteroatoms. The van der Waals surface area contributed by atoms with E-state index in [1.54, 1.807) is 0 Å². The van der Waals surface area contributed by atoms with Crippen molar-refractivity contribution in [3.63, 3.8) is 0 Å². The lowest BCUT2D eigenvalue weighted by molar-refractivity contribution is 0.607. The summed E-state index contributed by atoms with van der Waals surface area (Å²) in [7, 11) is 0. The van der Waals surface area contributed by atoms with Gasteiger partial charge in [-0.2, -0.15) is 10.2 Å². The predicted molar refractivity (Wildman–Crippen MR) is 71.7 cm³/mol. The fraction of sp³-hybridized carbons (Fsp3) is 0.0833. The van der Waals surface area contributed by atoms with Gasteiger partial charge in [0.2, 0.25) is 0 Å². The van der Waals surface area contributed by atoms with Crippen molar-refractivity contribution in [3.05, 3.63) is 58.4 Å². The van der Waals surface area contributed by atoms with Gasteiger partial charge in [0.05, 0.1) is 18.1 Å². The molecule has 0 spiro atoms. The Morgan fingerprint density at radius 3 is 2.95 bits per heavy atom. The molecule has 0 bridgehead atoms. The summed E-state index contributed by atoms with van der Waals surface area (Å²) in [6.45, 7) is 6.77. The molecule has 1 N–H and O–H groups in total. The fourth-order valence-corrected chi connectivity index (χ4v) is 1.82. The van der Waals surface area contributed by atoms with Crippen LogP contribution >= 0.6 is 11.6 Å². The van der Waals surface area contributed by atoms with E-state index in [1.165, 1.54) is 23.0 Å². The number of nitrogens with one attached hydrogen (secondary N) is 1. The Labute approximate surface area is 112 Å². The molecule has 2 rings (SSSR count). The number of hydrogen-bond donors (Lipinski definition) is 1. The third kappa shape index (κ3) is 2.48. The van der Waals surface area contributed by atoms with E-state index in [2.05, 4.69) is 28.5 Å². The number of aromatic nitrogens is 4. The molecule has 19 heavy (non-hydrogen) atoms. The molecular weight excluding hydrogens is 271 g/mol. The molecule has 0 fully saturated rings. The molecule has 0 radical (unpaired) electrons. The van der Waals surface area contributed by atoms with Crippen LogP contribution in [0.25, 0.3) is 10.9 Å². The maximum atomic E-state index is 13.2. The number of aromatic amines is 1. The number of H-pyrrole nitrogens is 1. The van der Waals surface area contributed by atoms with Gasteiger partial charge in [0, 0.05) is 5.57 Å². The number of nitrogens with zero attached hydrogens (tertiary/aromatic N) is 3. The largest absolute Gasteiger partial charge is 0.292 e. The molecule has 0 saturated carbocycles. The predicted octanol–water partition coefficient (Wildman–Crippen LogP) is 2.37. The Bertz CT molecular complexity index is 744. The molecule has 0 aliphatic heterocycles. The van der Waals surface area contributed by atoms with Crippen molar-refractivity contribution in [1.82, 2.24) is 20.0 Å². The summed E-state index contributed by atoms with van der Waals surface area (Å²) < 4.78 is 14.5. The van der Waals surface area contributed by atoms with E-state index in [-0.39, 0.29) is 22.8 Å². The van der Waals surface area contributed by atoms with Gasteiger partial charge in [-0.1, -0.05) is 36.9 Å². The van der Waals surface area contributed by atoms with Crippen molar-refractivity contribution in [2.45, 2.75) is 6.54 Å². The van der Waals surface area contributed by atoms with Crippen molar-refractivity contribution >= 4 is 22.5 Å². The molecule has 0 unspecified atom stereocenters. The minimum absolute atomic E-state index is 0.0499. The zero-order chi connectivity index (χ0) is 14.0. The van der Waals surface area contributed by atoms with Crippen LogP contribution in [0, 0.1) is 0 Å². The topological polar surface area (TPSA) is 63.6 Å². The summed E-state index contributed by atoms with van der Waals surface area (Å²) in [5.74, 6) is -0.609. The van der Waals surface area contributed by atoms with Crippen LogP contribution in [-0.4, -0.2) is 20.0 Å². The molecular formula is C12H10ClFN4O. The highest BCUT2D eigenvalue weighted by Crippen LogP contribution is 2.22. The van der Waals surface area contributed by atoms with Crippen molar-refractivity contribution in [2.75, 3.05) is 0 Å². The molecule has 2 aromatic heterocycles. The summed E-state index contributed by atoms with van der Waals surface area (Å²) >= 11 is 6.08. The maximum Gasteiger partial charge on any atom is 0.292 e. The lowest BCUT2D eigenvalue weighted by Crippen LogP contribution is -2.08. The Balaban J connectivity index is 2.52. The lowest BCUT2D eigenvalue weighted by Gasteiger charge is -2.05. The molecule has 5 nitrogen and oxygen atoms in total. The van der Waals surface area contributed by atoms with Crippen molar-refractivity contribution in [3.8, 4) is 0 Å². The Kier molecular flexibility index (Phi) is 3.62. The average Bonchev–Trinajstić information content (AvgIpc) is 2.68. The van der Waals surface area contributed by atoms with E-state index in [1.807, 2.05) is 0 Å². The molecule has 0 saturated heterocycles. The minimum Gasteiger partial charge on any atom is -0.265 e. The first-order valence-electron chi connectivity index (χ1n) is 5.30. The number of fused-ring (bicyclic) bond motifs is 1. The molecule has 98 valence electrons. The third-order valence-corrected chi connectivity index (χ3v) is 2.89. The van der Waals surface area contributed by atoms with Crippen LogP contribution in [0.2, 0.25) is 5.15 Å².